The molecule has 5 nitrogen and oxygen atoms in total. The van der Waals surface area contributed by atoms with Crippen molar-refractivity contribution in [2.24, 2.45) is 0 Å². The van der Waals surface area contributed by atoms with Crippen LogP contribution in [-0.4, -0.2) is 20.9 Å². The number of amides is 1. The van der Waals surface area contributed by atoms with Crippen LogP contribution in [0, 0.1) is 5.82 Å². The second-order valence-corrected chi connectivity index (χ2v) is 6.11. The quantitative estimate of drug-likeness (QED) is 0.550. The number of hydrogen-bond donors (Lipinski definition) is 2. The van der Waals surface area contributed by atoms with E-state index in [9.17, 15) is 9.18 Å². The normalized spacial score (nSPS) is 10.9. The van der Waals surface area contributed by atoms with E-state index in [2.05, 4.69) is 20.3 Å². The van der Waals surface area contributed by atoms with Crippen LogP contribution in [0.4, 0.5) is 10.2 Å². The summed E-state index contributed by atoms with van der Waals surface area (Å²) in [6.07, 6.45) is 3.84. The van der Waals surface area contributed by atoms with E-state index < -0.39 is 0 Å². The lowest BCUT2D eigenvalue weighted by atomic mass is 10.00. The molecule has 4 aromatic rings. The highest BCUT2D eigenvalue weighted by Crippen LogP contribution is 2.38. The summed E-state index contributed by atoms with van der Waals surface area (Å²) < 4.78 is 13.4. The molecule has 134 valence electrons. The van der Waals surface area contributed by atoms with Crippen molar-refractivity contribution in [2.75, 3.05) is 5.32 Å². The molecule has 0 spiro atoms. The fraction of sp³-hybridized carbons (Fsp3) is 0.0952. The molecule has 0 aliphatic carbocycles. The number of aromatic nitrogens is 3. The van der Waals surface area contributed by atoms with Crippen molar-refractivity contribution in [3.05, 3.63) is 66.7 Å². The maximum Gasteiger partial charge on any atom is 0.225 e. The molecule has 0 bridgehead atoms. The molecule has 1 aromatic carbocycles. The molecular weight excluding hydrogens is 343 g/mol. The summed E-state index contributed by atoms with van der Waals surface area (Å²) in [5.41, 5.74) is 4.26. The van der Waals surface area contributed by atoms with Gasteiger partial charge >= 0.3 is 0 Å². The van der Waals surface area contributed by atoms with Crippen molar-refractivity contribution >= 4 is 22.8 Å². The second-order valence-electron chi connectivity index (χ2n) is 6.11. The van der Waals surface area contributed by atoms with Gasteiger partial charge in [-0.05, 0) is 59.7 Å². The number of pyridine rings is 2. The Kier molecular flexibility index (Phi) is 4.38. The average molecular weight is 360 g/mol. The number of aromatic amines is 1. The van der Waals surface area contributed by atoms with Gasteiger partial charge in [0.2, 0.25) is 5.91 Å². The maximum absolute atomic E-state index is 13.4. The fourth-order valence-corrected chi connectivity index (χ4v) is 3.02. The van der Waals surface area contributed by atoms with E-state index in [4.69, 9.17) is 0 Å². The SMILES string of the molecule is CCC(=O)Nc1ccc2c(-c3ccncc3)c(-c3ccc(F)cc3)[nH]c2n1. The van der Waals surface area contributed by atoms with Gasteiger partial charge in [-0.3, -0.25) is 9.78 Å². The Bertz CT molecular complexity index is 1100. The summed E-state index contributed by atoms with van der Waals surface area (Å²) in [6.45, 7) is 1.79. The number of hydrogen-bond acceptors (Lipinski definition) is 3. The van der Waals surface area contributed by atoms with Crippen molar-refractivity contribution in [3.63, 3.8) is 0 Å². The molecule has 0 atom stereocenters. The van der Waals surface area contributed by atoms with Crippen LogP contribution in [0.15, 0.2) is 60.9 Å². The molecule has 0 aliphatic heterocycles. The number of carbonyl (C=O) groups is 1. The highest BCUT2D eigenvalue weighted by atomic mass is 19.1. The largest absolute Gasteiger partial charge is 0.339 e. The summed E-state index contributed by atoms with van der Waals surface area (Å²) in [4.78, 5) is 23.6. The van der Waals surface area contributed by atoms with Crippen LogP contribution in [0.5, 0.6) is 0 Å². The number of nitrogens with zero attached hydrogens (tertiary/aromatic N) is 2. The maximum atomic E-state index is 13.4. The summed E-state index contributed by atoms with van der Waals surface area (Å²) in [7, 11) is 0. The Morgan fingerprint density at radius 3 is 2.48 bits per heavy atom. The zero-order valence-corrected chi connectivity index (χ0v) is 14.7. The number of halogens is 1. The van der Waals surface area contributed by atoms with E-state index in [1.165, 1.54) is 12.1 Å². The number of carbonyl (C=O) groups excluding carboxylic acids is 1. The molecule has 0 saturated heterocycles. The first kappa shape index (κ1) is 16.9. The number of nitrogens with one attached hydrogen (secondary N) is 2. The highest BCUT2D eigenvalue weighted by Gasteiger charge is 2.16. The van der Waals surface area contributed by atoms with Gasteiger partial charge in [-0.1, -0.05) is 6.92 Å². The predicted octanol–water partition coefficient (Wildman–Crippen LogP) is 4.78. The molecule has 0 fully saturated rings. The average Bonchev–Trinajstić information content (AvgIpc) is 3.07. The zero-order chi connectivity index (χ0) is 18.8. The Morgan fingerprint density at radius 1 is 1.04 bits per heavy atom. The first-order chi connectivity index (χ1) is 13.2. The Hall–Kier alpha value is -3.54. The van der Waals surface area contributed by atoms with Gasteiger partial charge in [-0.2, -0.15) is 0 Å². The zero-order valence-electron chi connectivity index (χ0n) is 14.7. The summed E-state index contributed by atoms with van der Waals surface area (Å²) >= 11 is 0. The first-order valence-corrected chi connectivity index (χ1v) is 8.64. The van der Waals surface area contributed by atoms with Crippen LogP contribution in [0.2, 0.25) is 0 Å². The predicted molar refractivity (Wildman–Crippen MR) is 104 cm³/mol. The lowest BCUT2D eigenvalue weighted by Gasteiger charge is -2.05. The number of anilines is 1. The lowest BCUT2D eigenvalue weighted by molar-refractivity contribution is -0.115. The summed E-state index contributed by atoms with van der Waals surface area (Å²) in [5.74, 6) is 0.104. The molecule has 3 aromatic heterocycles. The van der Waals surface area contributed by atoms with Gasteiger partial charge in [0.15, 0.2) is 0 Å². The third kappa shape index (κ3) is 3.29. The second kappa shape index (κ2) is 6.99. The first-order valence-electron chi connectivity index (χ1n) is 8.64. The molecule has 1 amide bonds. The Labute approximate surface area is 155 Å². The number of rotatable bonds is 4. The van der Waals surface area contributed by atoms with Crippen LogP contribution in [-0.2, 0) is 4.79 Å². The number of fused-ring (bicyclic) bond motifs is 1. The van der Waals surface area contributed by atoms with E-state index in [1.54, 1.807) is 37.5 Å². The fourth-order valence-electron chi connectivity index (χ4n) is 3.02. The van der Waals surface area contributed by atoms with Gasteiger partial charge in [0, 0.05) is 29.8 Å². The van der Waals surface area contributed by atoms with Gasteiger partial charge in [-0.15, -0.1) is 0 Å². The van der Waals surface area contributed by atoms with Gasteiger partial charge in [0.1, 0.15) is 17.3 Å². The highest BCUT2D eigenvalue weighted by molar-refractivity contribution is 6.03. The minimum Gasteiger partial charge on any atom is -0.339 e. The van der Waals surface area contributed by atoms with Crippen LogP contribution >= 0.6 is 0 Å². The molecule has 27 heavy (non-hydrogen) atoms. The van der Waals surface area contributed by atoms with Crippen LogP contribution in [0.1, 0.15) is 13.3 Å². The molecule has 0 saturated carbocycles. The Balaban J connectivity index is 1.92. The van der Waals surface area contributed by atoms with Crippen LogP contribution in [0.25, 0.3) is 33.4 Å². The Morgan fingerprint density at radius 2 is 1.78 bits per heavy atom. The lowest BCUT2D eigenvalue weighted by Crippen LogP contribution is -2.10. The summed E-state index contributed by atoms with van der Waals surface area (Å²) in [6, 6.07) is 13.9. The minimum atomic E-state index is -0.289. The molecule has 6 heteroatoms. The number of benzene rings is 1. The van der Waals surface area contributed by atoms with Crippen LogP contribution < -0.4 is 5.32 Å². The van der Waals surface area contributed by atoms with E-state index >= 15 is 0 Å². The summed E-state index contributed by atoms with van der Waals surface area (Å²) in [5, 5.41) is 3.68. The third-order valence-electron chi connectivity index (χ3n) is 4.35. The van der Waals surface area contributed by atoms with Crippen molar-refractivity contribution in [1.29, 1.82) is 0 Å². The smallest absolute Gasteiger partial charge is 0.225 e. The van der Waals surface area contributed by atoms with Gasteiger partial charge in [0.05, 0.1) is 5.69 Å². The molecule has 0 radical (unpaired) electrons. The number of H-pyrrole nitrogens is 1. The molecule has 0 unspecified atom stereocenters. The van der Waals surface area contributed by atoms with Crippen LogP contribution in [0.3, 0.4) is 0 Å². The monoisotopic (exact) mass is 360 g/mol. The van der Waals surface area contributed by atoms with Crippen molar-refractivity contribution in [1.82, 2.24) is 15.0 Å². The van der Waals surface area contributed by atoms with Gasteiger partial charge in [0.25, 0.3) is 0 Å². The molecular formula is C21H17FN4O. The molecule has 2 N–H and O–H groups in total. The van der Waals surface area contributed by atoms with Crippen molar-refractivity contribution < 1.29 is 9.18 Å². The third-order valence-corrected chi connectivity index (χ3v) is 4.35. The molecule has 3 heterocycles. The van der Waals surface area contributed by atoms with E-state index in [0.29, 0.717) is 17.9 Å². The topological polar surface area (TPSA) is 70.7 Å². The van der Waals surface area contributed by atoms with Crippen molar-refractivity contribution in [3.8, 4) is 22.4 Å². The standard InChI is InChI=1S/C21H17FN4O/c1-2-18(27)24-17-8-7-16-19(13-9-11-23-12-10-13)20(26-21(16)25-17)14-3-5-15(22)6-4-14/h3-12H,2H2,1H3,(H2,24,25,26,27). The van der Waals surface area contributed by atoms with E-state index in [0.717, 1.165) is 27.8 Å². The molecule has 4 rings (SSSR count). The van der Waals surface area contributed by atoms with E-state index in [-0.39, 0.29) is 11.7 Å². The van der Waals surface area contributed by atoms with Gasteiger partial charge < -0.3 is 10.3 Å². The van der Waals surface area contributed by atoms with Gasteiger partial charge in [-0.25, -0.2) is 9.37 Å². The van der Waals surface area contributed by atoms with Crippen molar-refractivity contribution in [2.45, 2.75) is 13.3 Å². The van der Waals surface area contributed by atoms with E-state index in [1.807, 2.05) is 18.2 Å². The minimum absolute atomic E-state index is 0.0958. The molecule has 0 aliphatic rings.